The van der Waals surface area contributed by atoms with Crippen molar-refractivity contribution in [1.29, 1.82) is 0 Å². The van der Waals surface area contributed by atoms with Crippen LogP contribution in [0.4, 0.5) is 5.82 Å². The van der Waals surface area contributed by atoms with E-state index < -0.39 is 10.8 Å². The molecule has 0 spiro atoms. The maximum Gasteiger partial charge on any atom is 0.220 e. The summed E-state index contributed by atoms with van der Waals surface area (Å²) < 4.78 is 14.0. The molecule has 1 aromatic heterocycles. The number of anilines is 1. The van der Waals surface area contributed by atoms with Gasteiger partial charge in [0.15, 0.2) is 5.82 Å². The van der Waals surface area contributed by atoms with Crippen LogP contribution in [0.25, 0.3) is 6.08 Å². The first kappa shape index (κ1) is 14.1. The van der Waals surface area contributed by atoms with E-state index in [4.69, 9.17) is 0 Å². The zero-order valence-electron chi connectivity index (χ0n) is 11.8. The van der Waals surface area contributed by atoms with Gasteiger partial charge < -0.3 is 0 Å². The van der Waals surface area contributed by atoms with Crippen LogP contribution in [0.3, 0.4) is 0 Å². The van der Waals surface area contributed by atoms with Gasteiger partial charge in [-0.3, -0.25) is 8.51 Å². The standard InChI is InChI=1S/C14H19N3OS2/c1-3-12-8-10-9-15-14(20(2)18)16-13(10)17(19-12)11-6-4-5-7-11/h8-9,11H,3-7H2,1-2H3. The molecular weight excluding hydrogens is 290 g/mol. The molecule has 20 heavy (non-hydrogen) atoms. The van der Waals surface area contributed by atoms with Crippen molar-refractivity contribution in [2.45, 2.75) is 50.2 Å². The zero-order chi connectivity index (χ0) is 14.1. The molecule has 1 unspecified atom stereocenters. The Morgan fingerprint density at radius 2 is 2.20 bits per heavy atom. The third kappa shape index (κ3) is 2.63. The Morgan fingerprint density at radius 3 is 2.85 bits per heavy atom. The first-order valence-electron chi connectivity index (χ1n) is 7.07. The Bertz CT molecular complexity index is 568. The van der Waals surface area contributed by atoms with Gasteiger partial charge in [0.05, 0.1) is 10.8 Å². The van der Waals surface area contributed by atoms with Crippen molar-refractivity contribution in [3.63, 3.8) is 0 Å². The van der Waals surface area contributed by atoms with E-state index in [1.54, 1.807) is 18.2 Å². The normalized spacial score (nSPS) is 20.7. The number of fused-ring (bicyclic) bond motifs is 1. The van der Waals surface area contributed by atoms with Crippen LogP contribution in [0.15, 0.2) is 16.3 Å². The van der Waals surface area contributed by atoms with Crippen LogP contribution in [0.5, 0.6) is 0 Å². The molecule has 4 nitrogen and oxygen atoms in total. The largest absolute Gasteiger partial charge is 0.293 e. The van der Waals surface area contributed by atoms with Crippen LogP contribution in [0.1, 0.15) is 44.6 Å². The van der Waals surface area contributed by atoms with E-state index in [0.717, 1.165) is 17.8 Å². The molecule has 0 aromatic carbocycles. The molecule has 1 aliphatic heterocycles. The summed E-state index contributed by atoms with van der Waals surface area (Å²) in [6.45, 7) is 2.17. The van der Waals surface area contributed by atoms with Crippen molar-refractivity contribution in [1.82, 2.24) is 9.97 Å². The molecule has 1 aliphatic carbocycles. The van der Waals surface area contributed by atoms with E-state index in [1.807, 2.05) is 6.20 Å². The Balaban J connectivity index is 2.03. The predicted molar refractivity (Wildman–Crippen MR) is 85.0 cm³/mol. The number of rotatable bonds is 3. The van der Waals surface area contributed by atoms with Gasteiger partial charge in [-0.2, -0.15) is 0 Å². The van der Waals surface area contributed by atoms with E-state index >= 15 is 0 Å². The molecule has 1 atom stereocenters. The minimum atomic E-state index is -1.13. The van der Waals surface area contributed by atoms with Gasteiger partial charge in [0.25, 0.3) is 0 Å². The molecule has 3 rings (SSSR count). The summed E-state index contributed by atoms with van der Waals surface area (Å²) in [5.41, 5.74) is 1.06. The average Bonchev–Trinajstić information content (AvgIpc) is 2.99. The van der Waals surface area contributed by atoms with E-state index in [0.29, 0.717) is 11.2 Å². The topological polar surface area (TPSA) is 46.1 Å². The third-order valence-electron chi connectivity index (χ3n) is 3.78. The van der Waals surface area contributed by atoms with Crippen LogP contribution >= 0.6 is 11.9 Å². The van der Waals surface area contributed by atoms with Gasteiger partial charge >= 0.3 is 0 Å². The fourth-order valence-corrected chi connectivity index (χ4v) is 4.28. The molecule has 1 aromatic rings. The minimum Gasteiger partial charge on any atom is -0.293 e. The van der Waals surface area contributed by atoms with Crippen molar-refractivity contribution in [3.05, 3.63) is 16.7 Å². The van der Waals surface area contributed by atoms with E-state index in [9.17, 15) is 4.21 Å². The Hall–Kier alpha value is -0.880. The average molecular weight is 309 g/mol. The van der Waals surface area contributed by atoms with Crippen LogP contribution in [0, 0.1) is 0 Å². The van der Waals surface area contributed by atoms with Gasteiger partial charge in [-0.1, -0.05) is 19.8 Å². The van der Waals surface area contributed by atoms with E-state index in [-0.39, 0.29) is 0 Å². The van der Waals surface area contributed by atoms with Crippen molar-refractivity contribution in [2.24, 2.45) is 0 Å². The lowest BCUT2D eigenvalue weighted by Gasteiger charge is -2.33. The summed E-state index contributed by atoms with van der Waals surface area (Å²) in [5, 5.41) is 0.431. The van der Waals surface area contributed by atoms with Crippen LogP contribution in [0.2, 0.25) is 0 Å². The molecule has 1 fully saturated rings. The summed E-state index contributed by atoms with van der Waals surface area (Å²) in [5.74, 6) is 0.944. The van der Waals surface area contributed by atoms with Gasteiger partial charge in [0.1, 0.15) is 0 Å². The number of allylic oxidation sites excluding steroid dienone is 1. The summed E-state index contributed by atoms with van der Waals surface area (Å²) in [7, 11) is -1.13. The lowest BCUT2D eigenvalue weighted by molar-refractivity contribution is 0.675. The second-order valence-corrected chi connectivity index (χ2v) is 7.58. The SMILES string of the molecule is CCC1=Cc2cnc(S(C)=O)nc2N(C2CCCC2)S1. The third-order valence-corrected chi connectivity index (χ3v) is 5.80. The fraction of sp³-hybridized carbons (Fsp3) is 0.571. The number of aromatic nitrogens is 2. The molecular formula is C14H19N3OS2. The molecule has 2 aliphatic rings. The van der Waals surface area contributed by atoms with Gasteiger partial charge in [0, 0.05) is 29.0 Å². The molecule has 0 saturated heterocycles. The van der Waals surface area contributed by atoms with Gasteiger partial charge in [-0.15, -0.1) is 0 Å². The van der Waals surface area contributed by atoms with Gasteiger partial charge in [-0.25, -0.2) is 9.97 Å². The molecule has 0 amide bonds. The highest BCUT2D eigenvalue weighted by Crippen LogP contribution is 2.42. The summed E-state index contributed by atoms with van der Waals surface area (Å²) in [6, 6.07) is 0.544. The predicted octanol–water partition coefficient (Wildman–Crippen LogP) is 3.38. The Labute approximate surface area is 126 Å². The fourth-order valence-electron chi connectivity index (χ4n) is 2.71. The highest BCUT2D eigenvalue weighted by Gasteiger charge is 2.30. The maximum absolute atomic E-state index is 11.6. The maximum atomic E-state index is 11.6. The molecule has 108 valence electrons. The van der Waals surface area contributed by atoms with Crippen LogP contribution in [-0.2, 0) is 10.8 Å². The zero-order valence-corrected chi connectivity index (χ0v) is 13.5. The smallest absolute Gasteiger partial charge is 0.220 e. The monoisotopic (exact) mass is 309 g/mol. The summed E-state index contributed by atoms with van der Waals surface area (Å²) in [4.78, 5) is 10.1. The quantitative estimate of drug-likeness (QED) is 0.633. The van der Waals surface area contributed by atoms with Crippen molar-refractivity contribution >= 4 is 34.6 Å². The molecule has 0 N–H and O–H groups in total. The molecule has 2 heterocycles. The van der Waals surface area contributed by atoms with Crippen LogP contribution < -0.4 is 4.31 Å². The number of hydrogen-bond acceptors (Lipinski definition) is 5. The summed E-state index contributed by atoms with van der Waals surface area (Å²) >= 11 is 1.80. The molecule has 1 saturated carbocycles. The Kier molecular flexibility index (Phi) is 4.12. The first-order valence-corrected chi connectivity index (χ1v) is 9.40. The molecule has 0 bridgehead atoms. The lowest BCUT2D eigenvalue weighted by Crippen LogP contribution is -2.30. The van der Waals surface area contributed by atoms with Gasteiger partial charge in [-0.05, 0) is 37.3 Å². The van der Waals surface area contributed by atoms with Gasteiger partial charge in [0.2, 0.25) is 5.16 Å². The highest BCUT2D eigenvalue weighted by atomic mass is 32.2. The van der Waals surface area contributed by atoms with Crippen molar-refractivity contribution in [3.8, 4) is 0 Å². The van der Waals surface area contributed by atoms with Crippen molar-refractivity contribution in [2.75, 3.05) is 10.6 Å². The number of hydrogen-bond donors (Lipinski definition) is 0. The lowest BCUT2D eigenvalue weighted by atomic mass is 10.2. The second-order valence-electron chi connectivity index (χ2n) is 5.21. The first-order chi connectivity index (χ1) is 9.69. The summed E-state index contributed by atoms with van der Waals surface area (Å²) in [6.07, 6.45) is 11.7. The highest BCUT2D eigenvalue weighted by molar-refractivity contribution is 8.04. The molecule has 0 radical (unpaired) electrons. The second kappa shape index (κ2) is 5.85. The van der Waals surface area contributed by atoms with Crippen molar-refractivity contribution < 1.29 is 4.21 Å². The van der Waals surface area contributed by atoms with E-state index in [2.05, 4.69) is 27.3 Å². The van der Waals surface area contributed by atoms with E-state index in [1.165, 1.54) is 30.6 Å². The minimum absolute atomic E-state index is 0.431. The Morgan fingerprint density at radius 1 is 1.45 bits per heavy atom. The molecule has 6 heteroatoms. The number of nitrogens with zero attached hydrogens (tertiary/aromatic N) is 3. The van der Waals surface area contributed by atoms with Crippen LogP contribution in [-0.4, -0.2) is 26.5 Å².